The first-order valence-corrected chi connectivity index (χ1v) is 14.0. The fourth-order valence-electron chi connectivity index (χ4n) is 5.59. The quantitative estimate of drug-likeness (QED) is 0.350. The second kappa shape index (κ2) is 10.2. The van der Waals surface area contributed by atoms with Crippen molar-refractivity contribution in [3.05, 3.63) is 61.6 Å². The van der Waals surface area contributed by atoms with E-state index in [1.165, 1.54) is 0 Å². The maximum atomic E-state index is 13.6. The van der Waals surface area contributed by atoms with E-state index in [4.69, 9.17) is 19.2 Å². The fourth-order valence-corrected chi connectivity index (χ4v) is 6.14. The number of halogens is 1. The van der Waals surface area contributed by atoms with Gasteiger partial charge in [-0.3, -0.25) is 9.69 Å². The summed E-state index contributed by atoms with van der Waals surface area (Å²) in [6.45, 7) is 7.29. The summed E-state index contributed by atoms with van der Waals surface area (Å²) in [6.07, 6.45) is 1.76. The summed E-state index contributed by atoms with van der Waals surface area (Å²) in [5, 5.41) is 11.9. The standard InChI is InChI=1S/C28H31BrN4O6/c1-3-28(36)21-4-5-33(26(34)20(21)16-39-27(28)35)15-19-18(14-32-8-6-31(2)7-9-32)17-12-23-24(38-11-10-37-23)13-22(17)30-25(19)29/h4-5,12-13,36H,3,6-11,14-16H2,1-2H3/t28-/m0/s1. The summed E-state index contributed by atoms with van der Waals surface area (Å²) < 4.78 is 19.1. The molecule has 1 atom stereocenters. The number of piperazine rings is 1. The number of likely N-dealkylation sites (N-methyl/N-ethyl adjacent to an activating group) is 1. The highest BCUT2D eigenvalue weighted by atomic mass is 79.9. The molecule has 206 valence electrons. The summed E-state index contributed by atoms with van der Waals surface area (Å²) in [5.74, 6) is 0.644. The van der Waals surface area contributed by atoms with Crippen molar-refractivity contribution in [1.29, 1.82) is 0 Å². The zero-order valence-corrected chi connectivity index (χ0v) is 23.6. The highest BCUT2D eigenvalue weighted by Crippen LogP contribution is 2.38. The number of cyclic esters (lactones) is 1. The Morgan fingerprint density at radius 3 is 2.46 bits per heavy atom. The van der Waals surface area contributed by atoms with Crippen molar-refractivity contribution in [2.75, 3.05) is 46.4 Å². The molecule has 0 bridgehead atoms. The first kappa shape index (κ1) is 26.2. The van der Waals surface area contributed by atoms with Crippen molar-refractivity contribution in [3.63, 3.8) is 0 Å². The van der Waals surface area contributed by atoms with Crippen molar-refractivity contribution in [3.8, 4) is 11.5 Å². The van der Waals surface area contributed by atoms with Gasteiger partial charge in [0.25, 0.3) is 5.56 Å². The van der Waals surface area contributed by atoms with Crippen LogP contribution in [0.25, 0.3) is 10.9 Å². The second-order valence-electron chi connectivity index (χ2n) is 10.4. The molecule has 39 heavy (non-hydrogen) atoms. The first-order valence-electron chi connectivity index (χ1n) is 13.2. The number of ether oxygens (including phenoxy) is 3. The van der Waals surface area contributed by atoms with Crippen LogP contribution < -0.4 is 15.0 Å². The number of rotatable bonds is 5. The highest BCUT2D eigenvalue weighted by Gasteiger charge is 2.44. The molecule has 1 aromatic carbocycles. The number of aromatic nitrogens is 2. The number of nitrogens with zero attached hydrogens (tertiary/aromatic N) is 4. The van der Waals surface area contributed by atoms with Gasteiger partial charge in [0.15, 0.2) is 17.1 Å². The molecule has 0 amide bonds. The lowest BCUT2D eigenvalue weighted by atomic mass is 9.87. The Balaban J connectivity index is 1.46. The van der Waals surface area contributed by atoms with E-state index in [1.807, 2.05) is 12.1 Å². The number of esters is 1. The van der Waals surface area contributed by atoms with Crippen LogP contribution in [0.15, 0.2) is 33.8 Å². The monoisotopic (exact) mass is 598 g/mol. The third-order valence-electron chi connectivity index (χ3n) is 8.03. The SMILES string of the molecule is CC[C@@]1(O)C(=O)OCc2c1ccn(Cc1c(Br)nc3cc4c(cc3c1CN1CCN(C)CC1)OCCO4)c2=O. The number of fused-ring (bicyclic) bond motifs is 3. The molecule has 1 N–H and O–H groups in total. The Morgan fingerprint density at radius 2 is 1.74 bits per heavy atom. The molecule has 6 rings (SSSR count). The zero-order chi connectivity index (χ0) is 27.3. The van der Waals surface area contributed by atoms with Crippen LogP contribution >= 0.6 is 15.9 Å². The number of hydrogen-bond acceptors (Lipinski definition) is 9. The van der Waals surface area contributed by atoms with Gasteiger partial charge < -0.3 is 28.8 Å². The molecule has 1 fully saturated rings. The number of aliphatic hydroxyl groups is 1. The Morgan fingerprint density at radius 1 is 1.03 bits per heavy atom. The van der Waals surface area contributed by atoms with Crippen LogP contribution in [0.3, 0.4) is 0 Å². The summed E-state index contributed by atoms with van der Waals surface area (Å²) in [4.78, 5) is 35.5. The lowest BCUT2D eigenvalue weighted by Crippen LogP contribution is -2.44. The van der Waals surface area contributed by atoms with Crippen LogP contribution in [0.5, 0.6) is 11.5 Å². The average Bonchev–Trinajstić information content (AvgIpc) is 2.94. The van der Waals surface area contributed by atoms with Crippen molar-refractivity contribution >= 4 is 32.8 Å². The number of carbonyl (C=O) groups excluding carboxylic acids is 1. The molecule has 3 aromatic rings. The molecule has 0 saturated carbocycles. The highest BCUT2D eigenvalue weighted by molar-refractivity contribution is 9.10. The summed E-state index contributed by atoms with van der Waals surface area (Å²) in [6, 6.07) is 5.57. The molecule has 3 aliphatic heterocycles. The largest absolute Gasteiger partial charge is 0.486 e. The number of hydrogen-bond donors (Lipinski definition) is 1. The third-order valence-corrected chi connectivity index (χ3v) is 8.69. The summed E-state index contributed by atoms with van der Waals surface area (Å²) in [7, 11) is 2.13. The Labute approximate surface area is 234 Å². The van der Waals surface area contributed by atoms with Gasteiger partial charge in [-0.15, -0.1) is 0 Å². The van der Waals surface area contributed by atoms with Gasteiger partial charge in [0.2, 0.25) is 0 Å². The van der Waals surface area contributed by atoms with Gasteiger partial charge in [0, 0.05) is 61.5 Å². The van der Waals surface area contributed by atoms with Crippen LogP contribution in [0.1, 0.15) is 35.6 Å². The molecule has 0 unspecified atom stereocenters. The van der Waals surface area contributed by atoms with Gasteiger partial charge in [-0.25, -0.2) is 9.78 Å². The van der Waals surface area contributed by atoms with Crippen molar-refractivity contribution in [1.82, 2.24) is 19.4 Å². The smallest absolute Gasteiger partial charge is 0.343 e. The molecular weight excluding hydrogens is 568 g/mol. The predicted molar refractivity (Wildman–Crippen MR) is 147 cm³/mol. The van der Waals surface area contributed by atoms with Crippen LogP contribution in [0.2, 0.25) is 0 Å². The van der Waals surface area contributed by atoms with Crippen molar-refractivity contribution < 1.29 is 24.1 Å². The molecule has 2 aromatic heterocycles. The van der Waals surface area contributed by atoms with E-state index in [9.17, 15) is 14.7 Å². The normalized spacial score (nSPS) is 21.6. The summed E-state index contributed by atoms with van der Waals surface area (Å²) in [5.41, 5.74) is 1.24. The van der Waals surface area contributed by atoms with E-state index in [0.29, 0.717) is 47.0 Å². The number of pyridine rings is 2. The minimum atomic E-state index is -1.81. The van der Waals surface area contributed by atoms with Gasteiger partial charge in [0.1, 0.15) is 24.4 Å². The Kier molecular flexibility index (Phi) is 6.86. The molecule has 0 aliphatic carbocycles. The van der Waals surface area contributed by atoms with E-state index in [-0.39, 0.29) is 25.1 Å². The molecule has 0 radical (unpaired) electrons. The van der Waals surface area contributed by atoms with Crippen LogP contribution in [-0.4, -0.2) is 76.9 Å². The van der Waals surface area contributed by atoms with Gasteiger partial charge in [-0.05, 0) is 47.1 Å². The molecule has 0 spiro atoms. The predicted octanol–water partition coefficient (Wildman–Crippen LogP) is 2.38. The van der Waals surface area contributed by atoms with E-state index in [2.05, 4.69) is 32.8 Å². The molecule has 11 heteroatoms. The van der Waals surface area contributed by atoms with Gasteiger partial charge in [-0.1, -0.05) is 6.92 Å². The Hall–Kier alpha value is -2.99. The maximum absolute atomic E-state index is 13.6. The van der Waals surface area contributed by atoms with Crippen molar-refractivity contribution in [2.24, 2.45) is 0 Å². The lowest BCUT2D eigenvalue weighted by molar-refractivity contribution is -0.172. The number of carbonyl (C=O) groups is 1. The number of benzene rings is 1. The van der Waals surface area contributed by atoms with Gasteiger partial charge in [0.05, 0.1) is 17.6 Å². The third kappa shape index (κ3) is 4.61. The molecule has 3 aliphatic rings. The van der Waals surface area contributed by atoms with Gasteiger partial charge >= 0.3 is 5.97 Å². The topological polar surface area (TPSA) is 106 Å². The van der Waals surface area contributed by atoms with Gasteiger partial charge in [-0.2, -0.15) is 0 Å². The van der Waals surface area contributed by atoms with Crippen LogP contribution in [0.4, 0.5) is 0 Å². The summed E-state index contributed by atoms with van der Waals surface area (Å²) >= 11 is 3.70. The Bertz CT molecular complexity index is 1520. The molecule has 1 saturated heterocycles. The van der Waals surface area contributed by atoms with Crippen LogP contribution in [-0.2, 0) is 34.8 Å². The van der Waals surface area contributed by atoms with E-state index in [0.717, 1.165) is 48.2 Å². The first-order chi connectivity index (χ1) is 18.8. The minimum absolute atomic E-state index is 0.119. The average molecular weight is 599 g/mol. The lowest BCUT2D eigenvalue weighted by Gasteiger charge is -2.33. The van der Waals surface area contributed by atoms with E-state index in [1.54, 1.807) is 23.8 Å². The van der Waals surface area contributed by atoms with Crippen molar-refractivity contribution in [2.45, 2.75) is 38.6 Å². The molecule has 10 nitrogen and oxygen atoms in total. The van der Waals surface area contributed by atoms with Crippen LogP contribution in [0, 0.1) is 0 Å². The molecule has 5 heterocycles. The molecular formula is C28H31BrN4O6. The zero-order valence-electron chi connectivity index (χ0n) is 22.0. The van der Waals surface area contributed by atoms with E-state index < -0.39 is 11.6 Å². The second-order valence-corrected chi connectivity index (χ2v) is 11.1. The maximum Gasteiger partial charge on any atom is 0.343 e. The fraction of sp³-hybridized carbons (Fsp3) is 0.464. The van der Waals surface area contributed by atoms with E-state index >= 15 is 0 Å². The minimum Gasteiger partial charge on any atom is -0.486 e.